The summed E-state index contributed by atoms with van der Waals surface area (Å²) in [6.07, 6.45) is 3.24. The molecule has 23 heavy (non-hydrogen) atoms. The van der Waals surface area contributed by atoms with Gasteiger partial charge in [0, 0.05) is 19.6 Å². The zero-order valence-corrected chi connectivity index (χ0v) is 13.6. The lowest BCUT2D eigenvalue weighted by atomic mass is 9.92. The molecule has 0 saturated heterocycles. The summed E-state index contributed by atoms with van der Waals surface area (Å²) >= 11 is 0. The number of methoxy groups -OCH3 is 1. The van der Waals surface area contributed by atoms with Crippen LogP contribution in [0.5, 0.6) is 5.75 Å². The van der Waals surface area contributed by atoms with Gasteiger partial charge < -0.3 is 9.84 Å². The van der Waals surface area contributed by atoms with E-state index in [-0.39, 0.29) is 6.10 Å². The molecule has 1 aliphatic heterocycles. The summed E-state index contributed by atoms with van der Waals surface area (Å²) in [6, 6.07) is 12.8. The van der Waals surface area contributed by atoms with E-state index in [0.29, 0.717) is 6.54 Å². The van der Waals surface area contributed by atoms with Gasteiger partial charge in [-0.15, -0.1) is 0 Å². The van der Waals surface area contributed by atoms with Crippen molar-refractivity contribution >= 4 is 0 Å². The molecule has 1 N–H and O–H groups in total. The van der Waals surface area contributed by atoms with E-state index in [0.717, 1.165) is 24.4 Å². The van der Waals surface area contributed by atoms with E-state index in [9.17, 15) is 5.11 Å². The third kappa shape index (κ3) is 2.87. The minimum Gasteiger partial charge on any atom is -0.497 e. The van der Waals surface area contributed by atoms with Crippen molar-refractivity contribution in [2.24, 2.45) is 0 Å². The number of aliphatic hydroxyl groups excluding tert-OH is 1. The first-order valence-electron chi connectivity index (χ1n) is 8.41. The minimum absolute atomic E-state index is 0.372. The number of β-amino-alcohol motifs (C(OH)–C–C–N with tert-alkyl or cyclic N) is 1. The summed E-state index contributed by atoms with van der Waals surface area (Å²) in [7, 11) is 1.69. The molecule has 0 radical (unpaired) electrons. The second kappa shape index (κ2) is 5.99. The van der Waals surface area contributed by atoms with Crippen LogP contribution < -0.4 is 4.74 Å². The van der Waals surface area contributed by atoms with Gasteiger partial charge in [-0.1, -0.05) is 24.3 Å². The van der Waals surface area contributed by atoms with Crippen molar-refractivity contribution in [3.8, 4) is 5.75 Å². The molecule has 2 aliphatic rings. The molecule has 4 rings (SSSR count). The van der Waals surface area contributed by atoms with Gasteiger partial charge in [0.05, 0.1) is 13.2 Å². The van der Waals surface area contributed by atoms with E-state index < -0.39 is 0 Å². The molecule has 0 spiro atoms. The second-order valence-corrected chi connectivity index (χ2v) is 6.71. The molecule has 0 fully saturated rings. The maximum absolute atomic E-state index is 10.6. The lowest BCUT2D eigenvalue weighted by Gasteiger charge is -2.33. The van der Waals surface area contributed by atoms with Crippen molar-refractivity contribution in [3.63, 3.8) is 0 Å². The van der Waals surface area contributed by atoms with Crippen LogP contribution in [0.2, 0.25) is 0 Å². The van der Waals surface area contributed by atoms with Crippen molar-refractivity contribution in [1.82, 2.24) is 4.90 Å². The van der Waals surface area contributed by atoms with Crippen LogP contribution in [0.1, 0.15) is 40.3 Å². The van der Waals surface area contributed by atoms with Gasteiger partial charge in [0.25, 0.3) is 0 Å². The van der Waals surface area contributed by atoms with Gasteiger partial charge in [-0.05, 0) is 59.2 Å². The average Bonchev–Trinajstić information content (AvgIpc) is 3.01. The smallest absolute Gasteiger partial charge is 0.118 e. The van der Waals surface area contributed by atoms with Crippen LogP contribution in [-0.4, -0.2) is 23.7 Å². The predicted octanol–water partition coefficient (Wildman–Crippen LogP) is 3.23. The largest absolute Gasteiger partial charge is 0.497 e. The molecule has 1 atom stereocenters. The number of ether oxygens (including phenoxy) is 1. The minimum atomic E-state index is -0.372. The first-order valence-corrected chi connectivity index (χ1v) is 8.41. The highest BCUT2D eigenvalue weighted by Gasteiger charge is 2.26. The van der Waals surface area contributed by atoms with Gasteiger partial charge in [-0.25, -0.2) is 0 Å². The molecule has 120 valence electrons. The normalized spacial score (nSPS) is 20.2. The number of aliphatic hydroxyl groups is 1. The van der Waals surface area contributed by atoms with Crippen LogP contribution in [0.3, 0.4) is 0 Å². The molecule has 0 aromatic heterocycles. The average molecular weight is 309 g/mol. The van der Waals surface area contributed by atoms with Crippen LogP contribution in [0.25, 0.3) is 0 Å². The van der Waals surface area contributed by atoms with E-state index in [2.05, 4.69) is 29.2 Å². The lowest BCUT2D eigenvalue weighted by molar-refractivity contribution is 0.0881. The molecule has 1 aliphatic carbocycles. The number of aryl methyl sites for hydroxylation is 2. The lowest BCUT2D eigenvalue weighted by Crippen LogP contribution is -2.33. The zero-order valence-electron chi connectivity index (χ0n) is 13.6. The number of fused-ring (bicyclic) bond motifs is 2. The fraction of sp³-hybridized carbons (Fsp3) is 0.400. The summed E-state index contributed by atoms with van der Waals surface area (Å²) in [5.41, 5.74) is 6.64. The Morgan fingerprint density at radius 2 is 1.83 bits per heavy atom. The summed E-state index contributed by atoms with van der Waals surface area (Å²) in [4.78, 5) is 2.33. The molecule has 1 unspecified atom stereocenters. The number of benzene rings is 2. The highest BCUT2D eigenvalue weighted by molar-refractivity contribution is 5.43. The van der Waals surface area contributed by atoms with E-state index >= 15 is 0 Å². The first kappa shape index (κ1) is 14.7. The monoisotopic (exact) mass is 309 g/mol. The molecule has 0 amide bonds. The summed E-state index contributed by atoms with van der Waals surface area (Å²) < 4.78 is 5.21. The Morgan fingerprint density at radius 3 is 2.57 bits per heavy atom. The molecular weight excluding hydrogens is 286 g/mol. The van der Waals surface area contributed by atoms with Crippen LogP contribution >= 0.6 is 0 Å². The Hall–Kier alpha value is -1.84. The first-order chi connectivity index (χ1) is 11.2. The summed E-state index contributed by atoms with van der Waals surface area (Å²) in [6.45, 7) is 2.49. The quantitative estimate of drug-likeness (QED) is 0.945. The van der Waals surface area contributed by atoms with Crippen molar-refractivity contribution in [1.29, 1.82) is 0 Å². The number of rotatable bonds is 3. The molecule has 0 saturated carbocycles. The van der Waals surface area contributed by atoms with Crippen LogP contribution in [0.4, 0.5) is 0 Å². The molecule has 2 aromatic carbocycles. The maximum Gasteiger partial charge on any atom is 0.118 e. The van der Waals surface area contributed by atoms with Crippen LogP contribution in [0, 0.1) is 0 Å². The molecule has 2 aromatic rings. The van der Waals surface area contributed by atoms with Crippen molar-refractivity contribution in [3.05, 3.63) is 64.2 Å². The Kier molecular flexibility index (Phi) is 3.83. The fourth-order valence-electron chi connectivity index (χ4n) is 3.90. The van der Waals surface area contributed by atoms with Gasteiger partial charge in [0.2, 0.25) is 0 Å². The van der Waals surface area contributed by atoms with Crippen molar-refractivity contribution in [2.75, 3.05) is 13.7 Å². The van der Waals surface area contributed by atoms with E-state index in [1.807, 2.05) is 12.1 Å². The summed E-state index contributed by atoms with van der Waals surface area (Å²) in [5, 5.41) is 10.6. The highest BCUT2D eigenvalue weighted by Crippen LogP contribution is 2.33. The van der Waals surface area contributed by atoms with E-state index in [4.69, 9.17) is 4.74 Å². The Balaban J connectivity index is 1.54. The third-order valence-electron chi connectivity index (χ3n) is 5.10. The number of nitrogens with zero attached hydrogens (tertiary/aromatic N) is 1. The summed E-state index contributed by atoms with van der Waals surface area (Å²) in [5.74, 6) is 0.883. The van der Waals surface area contributed by atoms with Gasteiger partial charge in [0.15, 0.2) is 0 Å². The fourth-order valence-corrected chi connectivity index (χ4v) is 3.90. The SMILES string of the molecule is COc1ccc(CN2Cc3cc4c(cc3C(O)C2)CCC4)cc1. The Morgan fingerprint density at radius 1 is 1.09 bits per heavy atom. The molecule has 3 heteroatoms. The van der Waals surface area contributed by atoms with Crippen molar-refractivity contribution in [2.45, 2.75) is 38.5 Å². The van der Waals surface area contributed by atoms with Crippen LogP contribution in [-0.2, 0) is 25.9 Å². The maximum atomic E-state index is 10.6. The number of hydrogen-bond donors (Lipinski definition) is 1. The predicted molar refractivity (Wildman–Crippen MR) is 90.5 cm³/mol. The molecule has 3 nitrogen and oxygen atoms in total. The van der Waals surface area contributed by atoms with Gasteiger partial charge in [-0.2, -0.15) is 0 Å². The van der Waals surface area contributed by atoms with E-state index in [1.54, 1.807) is 7.11 Å². The van der Waals surface area contributed by atoms with E-state index in [1.165, 1.54) is 41.5 Å². The zero-order chi connectivity index (χ0) is 15.8. The van der Waals surface area contributed by atoms with Gasteiger partial charge >= 0.3 is 0 Å². The van der Waals surface area contributed by atoms with Gasteiger partial charge in [0.1, 0.15) is 5.75 Å². The second-order valence-electron chi connectivity index (χ2n) is 6.71. The van der Waals surface area contributed by atoms with Crippen LogP contribution in [0.15, 0.2) is 36.4 Å². The Labute approximate surface area is 137 Å². The number of hydrogen-bond acceptors (Lipinski definition) is 3. The standard InChI is InChI=1S/C20H23NO2/c1-23-18-7-5-14(6-8-18)11-21-12-17-9-15-3-2-4-16(15)10-19(17)20(22)13-21/h5-10,20,22H,2-4,11-13H2,1H3. The molecule has 0 bridgehead atoms. The van der Waals surface area contributed by atoms with Crippen molar-refractivity contribution < 1.29 is 9.84 Å². The highest BCUT2D eigenvalue weighted by atomic mass is 16.5. The van der Waals surface area contributed by atoms with Gasteiger partial charge in [-0.3, -0.25) is 4.90 Å². The Bertz CT molecular complexity index is 708. The molecule has 1 heterocycles. The third-order valence-corrected chi connectivity index (χ3v) is 5.10. The molecular formula is C20H23NO2. The topological polar surface area (TPSA) is 32.7 Å².